The van der Waals surface area contributed by atoms with E-state index in [1.165, 1.54) is 38.5 Å². The summed E-state index contributed by atoms with van der Waals surface area (Å²) in [4.78, 5) is 2.48. The van der Waals surface area contributed by atoms with Gasteiger partial charge in [0.1, 0.15) is 11.5 Å². The summed E-state index contributed by atoms with van der Waals surface area (Å²) in [7, 11) is 2.24. The molecule has 114 valence electrons. The molecular weight excluding hydrogens is 248 g/mol. The number of nitrogens with zero attached hydrogens (tertiary/aromatic N) is 1. The molecule has 0 spiro atoms. The summed E-state index contributed by atoms with van der Waals surface area (Å²) in [5, 5.41) is 3.39. The molecular formula is C17H30N2O. The van der Waals surface area contributed by atoms with E-state index in [-0.39, 0.29) is 0 Å². The van der Waals surface area contributed by atoms with E-state index in [9.17, 15) is 0 Å². The fourth-order valence-electron chi connectivity index (χ4n) is 2.98. The average molecular weight is 278 g/mol. The van der Waals surface area contributed by atoms with Gasteiger partial charge in [-0.05, 0) is 32.0 Å². The van der Waals surface area contributed by atoms with E-state index >= 15 is 0 Å². The Kier molecular flexibility index (Phi) is 6.11. The molecule has 0 bridgehead atoms. The smallest absolute Gasteiger partial charge is 0.118 e. The maximum absolute atomic E-state index is 5.92. The van der Waals surface area contributed by atoms with Gasteiger partial charge in [0.15, 0.2) is 0 Å². The zero-order chi connectivity index (χ0) is 14.4. The SMILES string of the molecule is CC(C)NCc1ccc(CN(C)C2CCCCCC2)o1. The Morgan fingerprint density at radius 1 is 1.15 bits per heavy atom. The van der Waals surface area contributed by atoms with Crippen LogP contribution in [0.15, 0.2) is 16.5 Å². The molecule has 0 aliphatic heterocycles. The molecule has 0 amide bonds. The zero-order valence-corrected chi connectivity index (χ0v) is 13.3. The normalized spacial score (nSPS) is 17.9. The fourth-order valence-corrected chi connectivity index (χ4v) is 2.98. The molecule has 1 aliphatic carbocycles. The van der Waals surface area contributed by atoms with Crippen molar-refractivity contribution in [2.75, 3.05) is 7.05 Å². The zero-order valence-electron chi connectivity index (χ0n) is 13.3. The lowest BCUT2D eigenvalue weighted by Crippen LogP contribution is -2.30. The summed E-state index contributed by atoms with van der Waals surface area (Å²) >= 11 is 0. The van der Waals surface area contributed by atoms with Crippen molar-refractivity contribution in [1.82, 2.24) is 10.2 Å². The molecule has 0 atom stereocenters. The van der Waals surface area contributed by atoms with E-state index in [1.807, 2.05) is 0 Å². The highest BCUT2D eigenvalue weighted by Crippen LogP contribution is 2.22. The molecule has 1 N–H and O–H groups in total. The monoisotopic (exact) mass is 278 g/mol. The predicted molar refractivity (Wildman–Crippen MR) is 83.6 cm³/mol. The molecule has 1 heterocycles. The molecule has 0 unspecified atom stereocenters. The van der Waals surface area contributed by atoms with Crippen LogP contribution in [0.25, 0.3) is 0 Å². The van der Waals surface area contributed by atoms with Gasteiger partial charge in [-0.3, -0.25) is 4.90 Å². The second-order valence-electron chi connectivity index (χ2n) is 6.46. The molecule has 1 fully saturated rings. The number of nitrogens with one attached hydrogen (secondary N) is 1. The summed E-state index contributed by atoms with van der Waals surface area (Å²) < 4.78 is 5.92. The first-order valence-corrected chi connectivity index (χ1v) is 8.16. The Morgan fingerprint density at radius 2 is 1.80 bits per heavy atom. The molecule has 1 saturated carbocycles. The van der Waals surface area contributed by atoms with E-state index in [4.69, 9.17) is 4.42 Å². The van der Waals surface area contributed by atoms with E-state index in [0.29, 0.717) is 6.04 Å². The molecule has 2 rings (SSSR count). The summed E-state index contributed by atoms with van der Waals surface area (Å²) in [5.41, 5.74) is 0. The molecule has 0 aromatic carbocycles. The van der Waals surface area contributed by atoms with E-state index in [1.54, 1.807) is 0 Å². The quantitative estimate of drug-likeness (QED) is 0.799. The lowest BCUT2D eigenvalue weighted by Gasteiger charge is -2.26. The first-order chi connectivity index (χ1) is 9.65. The summed E-state index contributed by atoms with van der Waals surface area (Å²) in [6, 6.07) is 5.47. The number of hydrogen-bond donors (Lipinski definition) is 1. The van der Waals surface area contributed by atoms with Crippen LogP contribution in [0.3, 0.4) is 0 Å². The van der Waals surface area contributed by atoms with Crippen LogP contribution < -0.4 is 5.32 Å². The van der Waals surface area contributed by atoms with Crippen molar-refractivity contribution in [2.45, 2.75) is 77.5 Å². The Labute approximate surface area is 123 Å². The first-order valence-electron chi connectivity index (χ1n) is 8.16. The second kappa shape index (κ2) is 7.84. The van der Waals surface area contributed by atoms with Gasteiger partial charge < -0.3 is 9.73 Å². The minimum absolute atomic E-state index is 0.497. The molecule has 3 heteroatoms. The van der Waals surface area contributed by atoms with Crippen molar-refractivity contribution in [3.63, 3.8) is 0 Å². The number of hydrogen-bond acceptors (Lipinski definition) is 3. The van der Waals surface area contributed by atoms with E-state index in [0.717, 1.165) is 30.7 Å². The third-order valence-electron chi connectivity index (χ3n) is 4.26. The van der Waals surface area contributed by atoms with Gasteiger partial charge in [-0.15, -0.1) is 0 Å². The molecule has 0 radical (unpaired) electrons. The Balaban J connectivity index is 1.82. The standard InChI is InChI=1S/C17H30N2O/c1-14(2)18-12-16-10-11-17(20-16)13-19(3)15-8-6-4-5-7-9-15/h10-11,14-15,18H,4-9,12-13H2,1-3H3. The Morgan fingerprint density at radius 3 is 2.45 bits per heavy atom. The third-order valence-corrected chi connectivity index (χ3v) is 4.26. The van der Waals surface area contributed by atoms with Crippen molar-refractivity contribution in [1.29, 1.82) is 0 Å². The minimum atomic E-state index is 0.497. The van der Waals surface area contributed by atoms with Gasteiger partial charge in [-0.2, -0.15) is 0 Å². The third kappa shape index (κ3) is 4.95. The topological polar surface area (TPSA) is 28.4 Å². The van der Waals surface area contributed by atoms with Gasteiger partial charge in [0.25, 0.3) is 0 Å². The Bertz CT molecular complexity index is 378. The Hall–Kier alpha value is -0.800. The van der Waals surface area contributed by atoms with Crippen molar-refractivity contribution in [2.24, 2.45) is 0 Å². The van der Waals surface area contributed by atoms with Crippen LogP contribution in [0.5, 0.6) is 0 Å². The maximum atomic E-state index is 5.92. The van der Waals surface area contributed by atoms with Gasteiger partial charge in [0.2, 0.25) is 0 Å². The van der Waals surface area contributed by atoms with Crippen LogP contribution in [0.1, 0.15) is 63.9 Å². The van der Waals surface area contributed by atoms with Gasteiger partial charge in [-0.1, -0.05) is 39.5 Å². The van der Waals surface area contributed by atoms with Gasteiger partial charge in [-0.25, -0.2) is 0 Å². The highest BCUT2D eigenvalue weighted by molar-refractivity contribution is 5.07. The summed E-state index contributed by atoms with van der Waals surface area (Å²) in [5.74, 6) is 2.14. The van der Waals surface area contributed by atoms with Gasteiger partial charge in [0.05, 0.1) is 13.1 Å². The molecule has 0 saturated heterocycles. The highest BCUT2D eigenvalue weighted by atomic mass is 16.3. The molecule has 1 aromatic heterocycles. The van der Waals surface area contributed by atoms with Crippen LogP contribution >= 0.6 is 0 Å². The van der Waals surface area contributed by atoms with Gasteiger partial charge in [0, 0.05) is 12.1 Å². The second-order valence-corrected chi connectivity index (χ2v) is 6.46. The minimum Gasteiger partial charge on any atom is -0.463 e. The molecule has 1 aliphatic rings. The molecule has 20 heavy (non-hydrogen) atoms. The molecule has 3 nitrogen and oxygen atoms in total. The maximum Gasteiger partial charge on any atom is 0.118 e. The first kappa shape index (κ1) is 15.6. The highest BCUT2D eigenvalue weighted by Gasteiger charge is 2.18. The van der Waals surface area contributed by atoms with Crippen LogP contribution in [-0.2, 0) is 13.1 Å². The fraction of sp³-hybridized carbons (Fsp3) is 0.765. The number of rotatable bonds is 6. The van der Waals surface area contributed by atoms with Crippen LogP contribution in [0, 0.1) is 0 Å². The average Bonchev–Trinajstić information content (AvgIpc) is 2.68. The number of furan rings is 1. The predicted octanol–water partition coefficient (Wildman–Crippen LogP) is 3.93. The van der Waals surface area contributed by atoms with Crippen LogP contribution in [0.4, 0.5) is 0 Å². The summed E-state index contributed by atoms with van der Waals surface area (Å²) in [6.45, 7) is 6.07. The van der Waals surface area contributed by atoms with Crippen molar-refractivity contribution < 1.29 is 4.42 Å². The van der Waals surface area contributed by atoms with Crippen molar-refractivity contribution in [3.05, 3.63) is 23.7 Å². The van der Waals surface area contributed by atoms with Crippen molar-refractivity contribution >= 4 is 0 Å². The van der Waals surface area contributed by atoms with E-state index in [2.05, 4.69) is 43.2 Å². The summed E-state index contributed by atoms with van der Waals surface area (Å²) in [6.07, 6.45) is 8.29. The van der Waals surface area contributed by atoms with Crippen LogP contribution in [0.2, 0.25) is 0 Å². The van der Waals surface area contributed by atoms with Crippen LogP contribution in [-0.4, -0.2) is 24.0 Å². The lowest BCUT2D eigenvalue weighted by molar-refractivity contribution is 0.196. The van der Waals surface area contributed by atoms with Crippen molar-refractivity contribution in [3.8, 4) is 0 Å². The van der Waals surface area contributed by atoms with E-state index < -0.39 is 0 Å². The molecule has 1 aromatic rings. The lowest BCUT2D eigenvalue weighted by atomic mass is 10.1. The largest absolute Gasteiger partial charge is 0.463 e. The van der Waals surface area contributed by atoms with Gasteiger partial charge >= 0.3 is 0 Å².